The third-order valence-corrected chi connectivity index (χ3v) is 7.82. The van der Waals surface area contributed by atoms with E-state index in [1.165, 1.54) is 11.1 Å². The van der Waals surface area contributed by atoms with Crippen molar-refractivity contribution in [2.75, 3.05) is 0 Å². The zero-order valence-electron chi connectivity index (χ0n) is 22.9. The van der Waals surface area contributed by atoms with E-state index in [2.05, 4.69) is 32.9 Å². The average molecular weight is 483 g/mol. The van der Waals surface area contributed by atoms with E-state index in [4.69, 9.17) is 0 Å². The van der Waals surface area contributed by atoms with Crippen LogP contribution in [0.4, 0.5) is 0 Å². The maximum atomic E-state index is 13.2. The highest BCUT2D eigenvalue weighted by Gasteiger charge is 2.34. The van der Waals surface area contributed by atoms with Gasteiger partial charge < -0.3 is 0 Å². The highest BCUT2D eigenvalue weighted by atomic mass is 16.2. The summed E-state index contributed by atoms with van der Waals surface area (Å²) in [6, 6.07) is 4.25. The topological polar surface area (TPSA) is 68.3 Å². The lowest BCUT2D eigenvalue weighted by molar-refractivity contribution is -0.130. The Balaban J connectivity index is 2.12. The van der Waals surface area contributed by atoms with Crippen molar-refractivity contribution < 1.29 is 19.2 Å². The molecule has 3 atom stereocenters. The summed E-state index contributed by atoms with van der Waals surface area (Å²) in [5.41, 5.74) is 4.48. The quantitative estimate of drug-likeness (QED) is 0.245. The second-order valence-electron chi connectivity index (χ2n) is 10.9. The number of ketones is 4. The number of hydrogen-bond acceptors (Lipinski definition) is 4. The molecule has 1 aromatic carbocycles. The predicted molar refractivity (Wildman–Crippen MR) is 142 cm³/mol. The van der Waals surface area contributed by atoms with Crippen LogP contribution in [0.25, 0.3) is 0 Å². The number of aryl methyl sites for hydroxylation is 1. The standard InChI is InChI=1S/C31H46O4/c1-7-11-23(26(9-3)29(34)19-25(33)13-10-12-24(32)8-2)16-22-17-28-27(20(4)5)15-14-21(6)31(28)30(35)18-22/h14-15,20,22-23,26H,7-13,16-19H2,1-6H3. The molecule has 1 aliphatic rings. The van der Waals surface area contributed by atoms with Crippen molar-refractivity contribution >= 4 is 23.1 Å². The van der Waals surface area contributed by atoms with Crippen LogP contribution in [0.15, 0.2) is 12.1 Å². The van der Waals surface area contributed by atoms with Crippen molar-refractivity contribution in [3.05, 3.63) is 34.4 Å². The van der Waals surface area contributed by atoms with E-state index < -0.39 is 0 Å². The molecule has 0 saturated carbocycles. The molecule has 1 aliphatic carbocycles. The van der Waals surface area contributed by atoms with E-state index in [1.807, 2.05) is 20.8 Å². The number of carbonyl (C=O) groups excluding carboxylic acids is 4. The van der Waals surface area contributed by atoms with Crippen LogP contribution in [0.2, 0.25) is 0 Å². The van der Waals surface area contributed by atoms with Gasteiger partial charge in [0.25, 0.3) is 0 Å². The largest absolute Gasteiger partial charge is 0.300 e. The van der Waals surface area contributed by atoms with Gasteiger partial charge in [-0.2, -0.15) is 0 Å². The maximum Gasteiger partial charge on any atom is 0.163 e. The second kappa shape index (κ2) is 13.8. The molecule has 0 radical (unpaired) electrons. The average Bonchev–Trinajstić information content (AvgIpc) is 2.79. The van der Waals surface area contributed by atoms with Crippen LogP contribution >= 0.6 is 0 Å². The van der Waals surface area contributed by atoms with Gasteiger partial charge in [-0.3, -0.25) is 19.2 Å². The minimum Gasteiger partial charge on any atom is -0.300 e. The van der Waals surface area contributed by atoms with Crippen LogP contribution in [0, 0.1) is 24.7 Å². The Labute approximate surface area is 212 Å². The molecule has 194 valence electrons. The second-order valence-corrected chi connectivity index (χ2v) is 10.9. The molecule has 0 N–H and O–H groups in total. The number of fused-ring (bicyclic) bond motifs is 1. The first-order chi connectivity index (χ1) is 16.6. The van der Waals surface area contributed by atoms with Gasteiger partial charge in [0.05, 0.1) is 6.42 Å². The van der Waals surface area contributed by atoms with E-state index >= 15 is 0 Å². The zero-order chi connectivity index (χ0) is 26.1. The monoisotopic (exact) mass is 482 g/mol. The van der Waals surface area contributed by atoms with Crippen molar-refractivity contribution in [3.63, 3.8) is 0 Å². The van der Waals surface area contributed by atoms with Crippen LogP contribution in [-0.4, -0.2) is 23.1 Å². The Morgan fingerprint density at radius 3 is 2.29 bits per heavy atom. The molecule has 0 aromatic heterocycles. The van der Waals surface area contributed by atoms with Gasteiger partial charge >= 0.3 is 0 Å². The molecule has 0 aliphatic heterocycles. The number of rotatable bonds is 15. The molecule has 0 spiro atoms. The van der Waals surface area contributed by atoms with E-state index in [0.29, 0.717) is 38.0 Å². The zero-order valence-corrected chi connectivity index (χ0v) is 22.9. The molecule has 0 amide bonds. The van der Waals surface area contributed by atoms with Gasteiger partial charge in [0.1, 0.15) is 17.3 Å². The first-order valence-electron chi connectivity index (χ1n) is 13.8. The minimum absolute atomic E-state index is 0.0256. The normalized spacial score (nSPS) is 17.2. The van der Waals surface area contributed by atoms with Crippen LogP contribution in [0.5, 0.6) is 0 Å². The fourth-order valence-electron chi connectivity index (χ4n) is 6.00. The molecule has 4 nitrogen and oxygen atoms in total. The van der Waals surface area contributed by atoms with E-state index in [9.17, 15) is 19.2 Å². The van der Waals surface area contributed by atoms with Gasteiger partial charge in [0, 0.05) is 37.2 Å². The Hall–Kier alpha value is -2.10. The third kappa shape index (κ3) is 7.95. The predicted octanol–water partition coefficient (Wildman–Crippen LogP) is 7.37. The summed E-state index contributed by atoms with van der Waals surface area (Å²) >= 11 is 0. The lowest BCUT2D eigenvalue weighted by Gasteiger charge is -2.33. The molecule has 0 fully saturated rings. The van der Waals surface area contributed by atoms with Gasteiger partial charge in [0.15, 0.2) is 5.78 Å². The Bertz CT molecular complexity index is 911. The number of benzene rings is 1. The molecule has 2 rings (SSSR count). The van der Waals surface area contributed by atoms with E-state index in [1.54, 1.807) is 0 Å². The minimum atomic E-state index is -0.144. The lowest BCUT2D eigenvalue weighted by atomic mass is 9.71. The van der Waals surface area contributed by atoms with Crippen molar-refractivity contribution in [1.29, 1.82) is 0 Å². The van der Waals surface area contributed by atoms with Gasteiger partial charge in [0.2, 0.25) is 0 Å². The number of Topliss-reactive ketones (excluding diaryl/α,β-unsaturated/α-hetero) is 4. The summed E-state index contributed by atoms with van der Waals surface area (Å²) in [7, 11) is 0. The molecule has 4 heteroatoms. The summed E-state index contributed by atoms with van der Waals surface area (Å²) < 4.78 is 0. The summed E-state index contributed by atoms with van der Waals surface area (Å²) in [6.07, 6.45) is 6.66. The summed E-state index contributed by atoms with van der Waals surface area (Å²) in [4.78, 5) is 50.3. The first-order valence-corrected chi connectivity index (χ1v) is 13.8. The Morgan fingerprint density at radius 1 is 1.00 bits per heavy atom. The third-order valence-electron chi connectivity index (χ3n) is 7.82. The molecule has 0 bridgehead atoms. The SMILES string of the molecule is CCCC(CC1CC(=O)c2c(C)ccc(C(C)C)c2C1)C(CC)C(=O)CC(=O)CCCC(=O)CC. The van der Waals surface area contributed by atoms with Crippen molar-refractivity contribution in [1.82, 2.24) is 0 Å². The fourth-order valence-corrected chi connectivity index (χ4v) is 6.00. The van der Waals surface area contributed by atoms with Crippen LogP contribution in [-0.2, 0) is 20.8 Å². The summed E-state index contributed by atoms with van der Waals surface area (Å²) in [6.45, 7) is 12.4. The molecular formula is C31H46O4. The number of hydrogen-bond donors (Lipinski definition) is 0. The fraction of sp³-hybridized carbons (Fsp3) is 0.677. The molecule has 0 saturated heterocycles. The van der Waals surface area contributed by atoms with Crippen LogP contribution in [0.3, 0.4) is 0 Å². The van der Waals surface area contributed by atoms with Crippen molar-refractivity contribution in [3.8, 4) is 0 Å². The molecule has 35 heavy (non-hydrogen) atoms. The highest BCUT2D eigenvalue weighted by molar-refractivity contribution is 6.01. The van der Waals surface area contributed by atoms with Crippen LogP contribution in [0.1, 0.15) is 132 Å². The highest BCUT2D eigenvalue weighted by Crippen LogP contribution is 2.39. The van der Waals surface area contributed by atoms with E-state index in [-0.39, 0.29) is 47.3 Å². The molecule has 3 unspecified atom stereocenters. The van der Waals surface area contributed by atoms with Gasteiger partial charge in [-0.25, -0.2) is 0 Å². The molecular weight excluding hydrogens is 436 g/mol. The molecule has 0 heterocycles. The Morgan fingerprint density at radius 2 is 1.69 bits per heavy atom. The lowest BCUT2D eigenvalue weighted by Crippen LogP contribution is -2.30. The van der Waals surface area contributed by atoms with Gasteiger partial charge in [-0.05, 0) is 67.1 Å². The van der Waals surface area contributed by atoms with Crippen molar-refractivity contribution in [2.45, 2.75) is 118 Å². The van der Waals surface area contributed by atoms with Gasteiger partial charge in [-0.15, -0.1) is 0 Å². The molecule has 1 aromatic rings. The summed E-state index contributed by atoms with van der Waals surface area (Å²) in [5.74, 6) is 1.05. The van der Waals surface area contributed by atoms with Crippen LogP contribution < -0.4 is 0 Å². The van der Waals surface area contributed by atoms with Gasteiger partial charge in [-0.1, -0.05) is 59.6 Å². The van der Waals surface area contributed by atoms with Crippen molar-refractivity contribution in [2.24, 2.45) is 17.8 Å². The summed E-state index contributed by atoms with van der Waals surface area (Å²) in [5, 5.41) is 0. The smallest absolute Gasteiger partial charge is 0.163 e. The number of carbonyl (C=O) groups is 4. The van der Waals surface area contributed by atoms with E-state index in [0.717, 1.165) is 43.2 Å². The Kier molecular flexibility index (Phi) is 11.5. The maximum absolute atomic E-state index is 13.2. The first kappa shape index (κ1) is 29.1.